The number of aromatic nitrogens is 1. The Labute approximate surface area is 213 Å². The van der Waals surface area contributed by atoms with Gasteiger partial charge in [0.15, 0.2) is 0 Å². The summed E-state index contributed by atoms with van der Waals surface area (Å²) in [6.45, 7) is 1.66. The Morgan fingerprint density at radius 1 is 1.24 bits per heavy atom. The molecule has 2 saturated heterocycles. The Morgan fingerprint density at radius 3 is 2.62 bits per heavy atom. The molecule has 37 heavy (non-hydrogen) atoms. The van der Waals surface area contributed by atoms with Gasteiger partial charge in [-0.25, -0.2) is 26.5 Å². The first-order valence-corrected chi connectivity index (χ1v) is 13.5. The number of amides is 2. The molecule has 0 aromatic carbocycles. The van der Waals surface area contributed by atoms with Gasteiger partial charge in [0.05, 0.1) is 11.7 Å². The third kappa shape index (κ3) is 3.90. The summed E-state index contributed by atoms with van der Waals surface area (Å²) in [4.78, 5) is 30.8. The molecule has 5 rings (SSSR count). The van der Waals surface area contributed by atoms with Crippen molar-refractivity contribution >= 4 is 27.8 Å². The molecule has 13 heteroatoms. The van der Waals surface area contributed by atoms with Crippen LogP contribution in [-0.4, -0.2) is 70.8 Å². The molecule has 2 aliphatic carbocycles. The lowest BCUT2D eigenvalue weighted by Gasteiger charge is -2.55. The van der Waals surface area contributed by atoms with Gasteiger partial charge in [-0.3, -0.25) is 15.0 Å². The number of guanidine groups is 1. The molecule has 3 heterocycles. The molecule has 3 fully saturated rings. The third-order valence-electron chi connectivity index (χ3n) is 8.10. The molecule has 10 nitrogen and oxygen atoms in total. The molecule has 2 amide bonds. The minimum atomic E-state index is -4.18. The van der Waals surface area contributed by atoms with Crippen molar-refractivity contribution in [2.45, 2.75) is 42.9 Å². The molecule has 2 aliphatic heterocycles. The number of hydrogen-bond donors (Lipinski definition) is 3. The SMILES string of the molecule is CN1C(=N)N[C@](C)(C2CC(NC(=O)c3ccc(F)cn3)=CC=C2F)C2(CCN(C(=O)C3CC3)C2)S1(=O)=O. The Hall–Kier alpha value is -3.35. The molecule has 4 aliphatic rings. The smallest absolute Gasteiger partial charge is 0.274 e. The largest absolute Gasteiger partial charge is 0.348 e. The maximum atomic E-state index is 15.5. The van der Waals surface area contributed by atoms with Crippen molar-refractivity contribution in [3.8, 4) is 0 Å². The van der Waals surface area contributed by atoms with Crippen LogP contribution >= 0.6 is 0 Å². The summed E-state index contributed by atoms with van der Waals surface area (Å²) in [6, 6.07) is 2.31. The Bertz CT molecular complexity index is 1340. The van der Waals surface area contributed by atoms with Crippen LogP contribution in [0.1, 0.15) is 43.1 Å². The van der Waals surface area contributed by atoms with E-state index in [0.717, 1.165) is 29.4 Å². The lowest BCUT2D eigenvalue weighted by Crippen LogP contribution is -2.78. The first-order chi connectivity index (χ1) is 17.4. The van der Waals surface area contributed by atoms with E-state index in [2.05, 4.69) is 15.6 Å². The first-order valence-electron chi connectivity index (χ1n) is 12.0. The van der Waals surface area contributed by atoms with Crippen LogP contribution < -0.4 is 10.6 Å². The van der Waals surface area contributed by atoms with E-state index in [1.807, 2.05) is 0 Å². The molecule has 3 atom stereocenters. The van der Waals surface area contributed by atoms with E-state index in [1.54, 1.807) is 11.8 Å². The van der Waals surface area contributed by atoms with Gasteiger partial charge < -0.3 is 15.5 Å². The van der Waals surface area contributed by atoms with Gasteiger partial charge in [-0.15, -0.1) is 0 Å². The summed E-state index contributed by atoms with van der Waals surface area (Å²) in [5, 5.41) is 13.9. The normalized spacial score (nSPS) is 31.0. The second-order valence-corrected chi connectivity index (χ2v) is 12.5. The van der Waals surface area contributed by atoms with Crippen molar-refractivity contribution < 1.29 is 26.8 Å². The summed E-state index contributed by atoms with van der Waals surface area (Å²) in [5.74, 6) is -3.51. The van der Waals surface area contributed by atoms with Crippen LogP contribution in [0.4, 0.5) is 8.78 Å². The molecule has 1 spiro atoms. The van der Waals surface area contributed by atoms with Crippen LogP contribution in [0.3, 0.4) is 0 Å². The molecule has 198 valence electrons. The average molecular weight is 535 g/mol. The number of likely N-dealkylation sites (tertiary alicyclic amines) is 1. The van der Waals surface area contributed by atoms with E-state index in [9.17, 15) is 22.4 Å². The van der Waals surface area contributed by atoms with Crippen LogP contribution in [0.2, 0.25) is 0 Å². The lowest BCUT2D eigenvalue weighted by atomic mass is 9.70. The number of sulfonamides is 1. The predicted octanol–water partition coefficient (Wildman–Crippen LogP) is 1.65. The highest BCUT2D eigenvalue weighted by molar-refractivity contribution is 7.91. The van der Waals surface area contributed by atoms with Crippen molar-refractivity contribution in [3.05, 3.63) is 53.5 Å². The van der Waals surface area contributed by atoms with Gasteiger partial charge in [0.2, 0.25) is 21.9 Å². The number of halogens is 2. The summed E-state index contributed by atoms with van der Waals surface area (Å²) in [5.41, 5.74) is -1.25. The minimum Gasteiger partial charge on any atom is -0.348 e. The number of carbonyl (C=O) groups excluding carboxylic acids is 2. The van der Waals surface area contributed by atoms with Crippen LogP contribution in [0.15, 0.2) is 42.0 Å². The molecule has 0 radical (unpaired) electrons. The second kappa shape index (κ2) is 8.61. The molecule has 2 unspecified atom stereocenters. The van der Waals surface area contributed by atoms with Crippen LogP contribution in [0, 0.1) is 23.1 Å². The van der Waals surface area contributed by atoms with Gasteiger partial charge >= 0.3 is 0 Å². The summed E-state index contributed by atoms with van der Waals surface area (Å²) >= 11 is 0. The van der Waals surface area contributed by atoms with E-state index in [-0.39, 0.29) is 43.5 Å². The quantitative estimate of drug-likeness (QED) is 0.538. The van der Waals surface area contributed by atoms with Gasteiger partial charge in [-0.2, -0.15) is 0 Å². The number of pyridine rings is 1. The maximum Gasteiger partial charge on any atom is 0.274 e. The van der Waals surface area contributed by atoms with Gasteiger partial charge in [0.1, 0.15) is 22.1 Å². The lowest BCUT2D eigenvalue weighted by molar-refractivity contribution is -0.131. The molecule has 1 aromatic rings. The average Bonchev–Trinajstić information content (AvgIpc) is 3.60. The van der Waals surface area contributed by atoms with Gasteiger partial charge in [0.25, 0.3) is 5.91 Å². The summed E-state index contributed by atoms with van der Waals surface area (Å²) < 4.78 is 55.7. The van der Waals surface area contributed by atoms with Crippen molar-refractivity contribution in [3.63, 3.8) is 0 Å². The zero-order chi connectivity index (χ0) is 26.8. The summed E-state index contributed by atoms with van der Waals surface area (Å²) in [6.07, 6.45) is 4.99. The van der Waals surface area contributed by atoms with Gasteiger partial charge in [0, 0.05) is 37.7 Å². The Balaban J connectivity index is 1.47. The molecular formula is C24H28F2N6O4S. The number of allylic oxidation sites excluding steroid dienone is 3. The Morgan fingerprint density at radius 2 is 1.97 bits per heavy atom. The van der Waals surface area contributed by atoms with E-state index in [1.165, 1.54) is 25.3 Å². The van der Waals surface area contributed by atoms with E-state index in [0.29, 0.717) is 5.70 Å². The van der Waals surface area contributed by atoms with Crippen molar-refractivity contribution in [1.82, 2.24) is 24.8 Å². The highest BCUT2D eigenvalue weighted by atomic mass is 32.2. The fourth-order valence-corrected chi connectivity index (χ4v) is 7.87. The maximum absolute atomic E-state index is 15.5. The molecule has 3 N–H and O–H groups in total. The molecule has 1 aromatic heterocycles. The number of nitrogens with zero attached hydrogens (tertiary/aromatic N) is 3. The second-order valence-electron chi connectivity index (χ2n) is 10.2. The zero-order valence-corrected chi connectivity index (χ0v) is 21.2. The third-order valence-corrected chi connectivity index (χ3v) is 10.7. The summed E-state index contributed by atoms with van der Waals surface area (Å²) in [7, 11) is -2.91. The number of hydrogen-bond acceptors (Lipinski definition) is 6. The predicted molar refractivity (Wildman–Crippen MR) is 130 cm³/mol. The van der Waals surface area contributed by atoms with Crippen molar-refractivity contribution in [2.75, 3.05) is 20.1 Å². The fraction of sp³-hybridized carbons (Fsp3) is 0.500. The van der Waals surface area contributed by atoms with Crippen LogP contribution in [0.25, 0.3) is 0 Å². The van der Waals surface area contributed by atoms with E-state index >= 15 is 4.39 Å². The molecule has 1 saturated carbocycles. The monoisotopic (exact) mass is 534 g/mol. The van der Waals surface area contributed by atoms with Gasteiger partial charge in [-0.1, -0.05) is 0 Å². The fourth-order valence-electron chi connectivity index (χ4n) is 5.66. The number of carbonyl (C=O) groups is 2. The minimum absolute atomic E-state index is 0.0386. The topological polar surface area (TPSA) is 136 Å². The van der Waals surface area contributed by atoms with Crippen LogP contribution in [0.5, 0.6) is 0 Å². The van der Waals surface area contributed by atoms with Crippen molar-refractivity contribution in [2.24, 2.45) is 11.8 Å². The van der Waals surface area contributed by atoms with Gasteiger partial charge in [-0.05, 0) is 56.9 Å². The zero-order valence-electron chi connectivity index (χ0n) is 20.4. The number of rotatable bonds is 4. The highest BCUT2D eigenvalue weighted by Crippen LogP contribution is 2.51. The van der Waals surface area contributed by atoms with Crippen LogP contribution in [-0.2, 0) is 14.8 Å². The van der Waals surface area contributed by atoms with E-state index < -0.39 is 49.7 Å². The first kappa shape index (κ1) is 25.3. The molecular weight excluding hydrogens is 506 g/mol. The Kier molecular flexibility index (Phi) is 5.89. The molecule has 0 bridgehead atoms. The van der Waals surface area contributed by atoms with E-state index in [4.69, 9.17) is 5.41 Å². The standard InChI is InChI=1S/C24H28F2N6O4S/c1-23(17-11-16(6-7-18(17)26)29-20(33)19-8-5-15(25)12-28-19)24(37(35,36)31(2)22(27)30-23)9-10-32(13-24)21(34)14-3-4-14/h5-8,12,14,17H,3-4,9-11,13H2,1-2H3,(H2,27,30)(H,29,33)/t17?,23-,24?/m1/s1. The number of nitrogens with one attached hydrogen (secondary N) is 3. The highest BCUT2D eigenvalue weighted by Gasteiger charge is 2.69. The van der Waals surface area contributed by atoms with Crippen molar-refractivity contribution in [1.29, 1.82) is 5.41 Å².